The third kappa shape index (κ3) is 8.01. The molecule has 2 N–H and O–H groups in total. The fourth-order valence-electron chi connectivity index (χ4n) is 3.02. The van der Waals surface area contributed by atoms with Crippen LogP contribution < -0.4 is 15.5 Å². The Labute approximate surface area is 193 Å². The number of nitrogens with one attached hydrogen (secondary N) is 2. The van der Waals surface area contributed by atoms with E-state index < -0.39 is 0 Å². The van der Waals surface area contributed by atoms with Gasteiger partial charge in [-0.05, 0) is 68.7 Å². The SMILES string of the molecule is Cc1ccc(S[C@@H](C)C(=O)N/N=C\c2ccc(OCC(=O)NC[C@@H]3CCCO3)cc2)cc1. The normalized spacial score (nSPS) is 16.6. The number of benzene rings is 2. The molecule has 7 nitrogen and oxygen atoms in total. The zero-order valence-corrected chi connectivity index (χ0v) is 19.2. The number of ether oxygens (including phenoxy) is 2. The van der Waals surface area contributed by atoms with E-state index >= 15 is 0 Å². The molecule has 2 aromatic carbocycles. The summed E-state index contributed by atoms with van der Waals surface area (Å²) < 4.78 is 11.0. The molecular weight excluding hydrogens is 426 g/mol. The summed E-state index contributed by atoms with van der Waals surface area (Å²) in [4.78, 5) is 25.1. The third-order valence-electron chi connectivity index (χ3n) is 4.89. The van der Waals surface area contributed by atoms with Crippen LogP contribution in [-0.4, -0.2) is 49.1 Å². The minimum absolute atomic E-state index is 0.0489. The molecule has 1 aliphatic rings. The standard InChI is InChI=1S/C24H29N3O4S/c1-17-5-11-22(12-6-17)32-18(2)24(29)27-26-14-19-7-9-20(10-8-19)31-16-23(28)25-15-21-4-3-13-30-21/h5-12,14,18,21H,3-4,13,15-16H2,1-2H3,(H,25,28)(H,27,29)/b26-14-/t18-,21-/m0/s1. The molecule has 1 aliphatic heterocycles. The van der Waals surface area contributed by atoms with Gasteiger partial charge in [0.2, 0.25) is 0 Å². The van der Waals surface area contributed by atoms with E-state index in [2.05, 4.69) is 15.8 Å². The van der Waals surface area contributed by atoms with Gasteiger partial charge in [0.15, 0.2) is 6.61 Å². The van der Waals surface area contributed by atoms with Crippen molar-refractivity contribution in [3.63, 3.8) is 0 Å². The molecule has 0 aromatic heterocycles. The number of hydrogen-bond acceptors (Lipinski definition) is 6. The third-order valence-corrected chi connectivity index (χ3v) is 6.00. The van der Waals surface area contributed by atoms with Crippen molar-refractivity contribution < 1.29 is 19.1 Å². The molecule has 1 fully saturated rings. The zero-order valence-electron chi connectivity index (χ0n) is 18.4. The average molecular weight is 456 g/mol. The smallest absolute Gasteiger partial charge is 0.258 e. The Morgan fingerprint density at radius 2 is 1.97 bits per heavy atom. The van der Waals surface area contributed by atoms with Crippen molar-refractivity contribution >= 4 is 29.8 Å². The lowest BCUT2D eigenvalue weighted by Crippen LogP contribution is -2.35. The number of hydrazone groups is 1. The first kappa shape index (κ1) is 23.8. The molecule has 8 heteroatoms. The minimum Gasteiger partial charge on any atom is -0.484 e. The minimum atomic E-state index is -0.267. The number of carbonyl (C=O) groups is 2. The first-order valence-electron chi connectivity index (χ1n) is 10.7. The summed E-state index contributed by atoms with van der Waals surface area (Å²) in [5.74, 6) is 0.244. The van der Waals surface area contributed by atoms with Gasteiger partial charge in [-0.15, -0.1) is 11.8 Å². The van der Waals surface area contributed by atoms with E-state index in [-0.39, 0.29) is 29.8 Å². The molecule has 2 amide bonds. The van der Waals surface area contributed by atoms with Crippen molar-refractivity contribution in [2.75, 3.05) is 19.8 Å². The van der Waals surface area contributed by atoms with Gasteiger partial charge in [-0.25, -0.2) is 5.43 Å². The van der Waals surface area contributed by atoms with Gasteiger partial charge >= 0.3 is 0 Å². The molecular formula is C24H29N3O4S. The highest BCUT2D eigenvalue weighted by molar-refractivity contribution is 8.00. The van der Waals surface area contributed by atoms with E-state index in [4.69, 9.17) is 9.47 Å². The van der Waals surface area contributed by atoms with Crippen molar-refractivity contribution in [3.05, 3.63) is 59.7 Å². The Kier molecular flexibility index (Phi) is 9.13. The average Bonchev–Trinajstić information content (AvgIpc) is 3.32. The number of nitrogens with zero attached hydrogens (tertiary/aromatic N) is 1. The highest BCUT2D eigenvalue weighted by atomic mass is 32.2. The Morgan fingerprint density at radius 1 is 1.22 bits per heavy atom. The molecule has 3 rings (SSSR count). The monoisotopic (exact) mass is 455 g/mol. The van der Waals surface area contributed by atoms with Crippen LogP contribution in [-0.2, 0) is 14.3 Å². The quantitative estimate of drug-likeness (QED) is 0.326. The maximum Gasteiger partial charge on any atom is 0.258 e. The molecule has 0 radical (unpaired) electrons. The summed E-state index contributed by atoms with van der Waals surface area (Å²) in [5.41, 5.74) is 4.56. The molecule has 1 saturated heterocycles. The van der Waals surface area contributed by atoms with E-state index in [1.807, 2.05) is 38.1 Å². The summed E-state index contributed by atoms with van der Waals surface area (Å²) in [6.07, 6.45) is 3.71. The first-order chi connectivity index (χ1) is 15.5. The maximum atomic E-state index is 12.2. The highest BCUT2D eigenvalue weighted by Crippen LogP contribution is 2.23. The van der Waals surface area contributed by atoms with Crippen LogP contribution in [0.25, 0.3) is 0 Å². The van der Waals surface area contributed by atoms with Crippen molar-refractivity contribution in [3.8, 4) is 5.75 Å². The Bertz CT molecular complexity index is 910. The van der Waals surface area contributed by atoms with E-state index in [0.29, 0.717) is 12.3 Å². The van der Waals surface area contributed by atoms with E-state index in [0.717, 1.165) is 29.9 Å². The molecule has 0 bridgehead atoms. The van der Waals surface area contributed by atoms with Gasteiger partial charge < -0.3 is 14.8 Å². The largest absolute Gasteiger partial charge is 0.484 e. The number of hydrogen-bond donors (Lipinski definition) is 2. The molecule has 0 spiro atoms. The number of carbonyl (C=O) groups excluding carboxylic acids is 2. The van der Waals surface area contributed by atoms with Crippen molar-refractivity contribution in [1.29, 1.82) is 0 Å². The molecule has 2 aromatic rings. The second-order valence-corrected chi connectivity index (χ2v) is 9.02. The Hall–Kier alpha value is -2.84. The number of amides is 2. The van der Waals surface area contributed by atoms with Gasteiger partial charge in [0.25, 0.3) is 11.8 Å². The molecule has 0 saturated carbocycles. The lowest BCUT2D eigenvalue weighted by Gasteiger charge is -2.11. The zero-order chi connectivity index (χ0) is 22.8. The summed E-state index contributed by atoms with van der Waals surface area (Å²) in [5, 5.41) is 6.58. The van der Waals surface area contributed by atoms with Crippen LogP contribution in [0.3, 0.4) is 0 Å². The van der Waals surface area contributed by atoms with Crippen LogP contribution >= 0.6 is 11.8 Å². The predicted molar refractivity (Wildman–Crippen MR) is 126 cm³/mol. The number of aryl methyl sites for hydroxylation is 1. The molecule has 2 atom stereocenters. The van der Waals surface area contributed by atoms with Crippen molar-refractivity contribution in [2.24, 2.45) is 5.10 Å². The fourth-order valence-corrected chi connectivity index (χ4v) is 3.88. The second-order valence-electron chi connectivity index (χ2n) is 7.60. The van der Waals surface area contributed by atoms with Crippen LogP contribution in [0.1, 0.15) is 30.9 Å². The van der Waals surface area contributed by atoms with Crippen LogP contribution in [0.15, 0.2) is 58.5 Å². The van der Waals surface area contributed by atoms with Gasteiger partial charge in [0, 0.05) is 18.0 Å². The van der Waals surface area contributed by atoms with Crippen molar-refractivity contribution in [2.45, 2.75) is 42.9 Å². The molecule has 0 aliphatic carbocycles. The molecule has 1 heterocycles. The number of thioether (sulfide) groups is 1. The number of rotatable bonds is 10. The van der Waals surface area contributed by atoms with Gasteiger partial charge in [-0.2, -0.15) is 5.10 Å². The molecule has 0 unspecified atom stereocenters. The van der Waals surface area contributed by atoms with Crippen LogP contribution in [0.2, 0.25) is 0 Å². The van der Waals surface area contributed by atoms with E-state index in [1.165, 1.54) is 17.3 Å². The predicted octanol–water partition coefficient (Wildman–Crippen LogP) is 3.30. The van der Waals surface area contributed by atoms with Gasteiger partial charge in [-0.1, -0.05) is 17.7 Å². The highest BCUT2D eigenvalue weighted by Gasteiger charge is 2.16. The van der Waals surface area contributed by atoms with Gasteiger partial charge in [0.05, 0.1) is 17.6 Å². The second kappa shape index (κ2) is 12.3. The fraction of sp³-hybridized carbons (Fsp3) is 0.375. The Morgan fingerprint density at radius 3 is 2.66 bits per heavy atom. The van der Waals surface area contributed by atoms with Gasteiger partial charge in [-0.3, -0.25) is 9.59 Å². The van der Waals surface area contributed by atoms with Crippen LogP contribution in [0, 0.1) is 6.92 Å². The van der Waals surface area contributed by atoms with Crippen molar-refractivity contribution in [1.82, 2.24) is 10.7 Å². The van der Waals surface area contributed by atoms with Crippen LogP contribution in [0.5, 0.6) is 5.75 Å². The lowest BCUT2D eigenvalue weighted by atomic mass is 10.2. The summed E-state index contributed by atoms with van der Waals surface area (Å²) >= 11 is 1.48. The summed E-state index contributed by atoms with van der Waals surface area (Å²) in [7, 11) is 0. The first-order valence-corrected chi connectivity index (χ1v) is 11.5. The molecule has 170 valence electrons. The Balaban J connectivity index is 1.37. The summed E-state index contributed by atoms with van der Waals surface area (Å²) in [6, 6.07) is 15.2. The van der Waals surface area contributed by atoms with E-state index in [9.17, 15) is 9.59 Å². The van der Waals surface area contributed by atoms with Crippen LogP contribution in [0.4, 0.5) is 0 Å². The lowest BCUT2D eigenvalue weighted by molar-refractivity contribution is -0.123. The topological polar surface area (TPSA) is 89.0 Å². The summed E-state index contributed by atoms with van der Waals surface area (Å²) in [6.45, 7) is 5.11. The molecule has 32 heavy (non-hydrogen) atoms. The van der Waals surface area contributed by atoms with Gasteiger partial charge in [0.1, 0.15) is 5.75 Å². The maximum absolute atomic E-state index is 12.2. The van der Waals surface area contributed by atoms with E-state index in [1.54, 1.807) is 30.5 Å².